The third-order valence-corrected chi connectivity index (χ3v) is 4.28. The second-order valence-electron chi connectivity index (χ2n) is 6.35. The van der Waals surface area contributed by atoms with Crippen LogP contribution in [0.15, 0.2) is 24.3 Å². The molecule has 1 saturated carbocycles. The molecule has 0 atom stereocenters. The largest absolute Gasteiger partial charge is 0.396 e. The first-order chi connectivity index (χ1) is 9.88. The lowest BCUT2D eigenvalue weighted by Gasteiger charge is -2.32. The number of aliphatic hydroxyl groups excluding tert-OH is 2. The molecule has 5 heteroatoms. The maximum absolute atomic E-state index is 14.0. The molecule has 0 radical (unpaired) electrons. The number of nitrogens with zero attached hydrogens (tertiary/aromatic N) is 1. The number of carbonyl (C=O) groups is 1. The van der Waals surface area contributed by atoms with E-state index < -0.39 is 10.8 Å². The number of halogens is 1. The van der Waals surface area contributed by atoms with Crippen molar-refractivity contribution >= 4 is 5.91 Å². The Labute approximate surface area is 124 Å². The summed E-state index contributed by atoms with van der Waals surface area (Å²) in [5.41, 5.74) is -1.08. The molecule has 116 valence electrons. The summed E-state index contributed by atoms with van der Waals surface area (Å²) in [5, 5.41) is 18.7. The number of rotatable bonds is 6. The van der Waals surface area contributed by atoms with Gasteiger partial charge in [-0.2, -0.15) is 0 Å². The van der Waals surface area contributed by atoms with Gasteiger partial charge in [0.1, 0.15) is 5.82 Å². The second kappa shape index (κ2) is 5.73. The summed E-state index contributed by atoms with van der Waals surface area (Å²) in [6, 6.07) is 6.37. The van der Waals surface area contributed by atoms with Crippen LogP contribution in [0.1, 0.15) is 25.3 Å². The van der Waals surface area contributed by atoms with Gasteiger partial charge in [0.05, 0.1) is 18.6 Å². The van der Waals surface area contributed by atoms with E-state index in [4.69, 9.17) is 0 Å². The van der Waals surface area contributed by atoms with Gasteiger partial charge in [-0.1, -0.05) is 25.1 Å². The zero-order valence-electron chi connectivity index (χ0n) is 12.5. The number of amides is 1. The van der Waals surface area contributed by atoms with Gasteiger partial charge in [-0.15, -0.1) is 0 Å². The number of aliphatic hydroxyl groups is 2. The average Bonchev–Trinajstić information content (AvgIpc) is 3.28. The molecule has 4 nitrogen and oxygen atoms in total. The molecule has 0 heterocycles. The minimum Gasteiger partial charge on any atom is -0.396 e. The van der Waals surface area contributed by atoms with E-state index >= 15 is 0 Å². The van der Waals surface area contributed by atoms with Gasteiger partial charge in [0.2, 0.25) is 5.91 Å². The van der Waals surface area contributed by atoms with Crippen molar-refractivity contribution in [1.82, 2.24) is 4.90 Å². The third-order valence-electron chi connectivity index (χ3n) is 4.28. The van der Waals surface area contributed by atoms with Crippen LogP contribution in [0.25, 0.3) is 0 Å². The molecule has 0 saturated heterocycles. The quantitative estimate of drug-likeness (QED) is 0.832. The van der Waals surface area contributed by atoms with Gasteiger partial charge < -0.3 is 15.1 Å². The summed E-state index contributed by atoms with van der Waals surface area (Å²) in [6.07, 6.45) is 1.26. The molecule has 1 aliphatic carbocycles. The number of likely N-dealkylation sites (N-methyl/N-ethyl adjacent to an activating group) is 1. The van der Waals surface area contributed by atoms with Gasteiger partial charge in [-0.25, -0.2) is 4.39 Å². The predicted octanol–water partition coefficient (Wildman–Crippen LogP) is 1.31. The average molecular weight is 295 g/mol. The van der Waals surface area contributed by atoms with Crippen LogP contribution in [-0.4, -0.2) is 47.8 Å². The molecule has 0 unspecified atom stereocenters. The Hall–Kier alpha value is -1.46. The predicted molar refractivity (Wildman–Crippen MR) is 77.2 cm³/mol. The number of carbonyl (C=O) groups excluding carboxylic acids is 1. The van der Waals surface area contributed by atoms with E-state index in [1.165, 1.54) is 11.0 Å². The summed E-state index contributed by atoms with van der Waals surface area (Å²) < 4.78 is 14.0. The Balaban J connectivity index is 2.18. The van der Waals surface area contributed by atoms with E-state index in [0.717, 1.165) is 0 Å². The van der Waals surface area contributed by atoms with Crippen molar-refractivity contribution in [2.75, 3.05) is 26.8 Å². The maximum atomic E-state index is 14.0. The highest BCUT2D eigenvalue weighted by Crippen LogP contribution is 2.50. The summed E-state index contributed by atoms with van der Waals surface area (Å²) in [4.78, 5) is 14.2. The number of hydrogen-bond acceptors (Lipinski definition) is 3. The zero-order valence-corrected chi connectivity index (χ0v) is 12.5. The number of benzene rings is 1. The van der Waals surface area contributed by atoms with Gasteiger partial charge >= 0.3 is 0 Å². The molecule has 0 aromatic heterocycles. The molecule has 21 heavy (non-hydrogen) atoms. The molecule has 1 amide bonds. The lowest BCUT2D eigenvalue weighted by Crippen LogP contribution is -2.45. The van der Waals surface area contributed by atoms with Crippen molar-refractivity contribution in [3.8, 4) is 0 Å². The third kappa shape index (κ3) is 2.94. The first-order valence-electron chi connectivity index (χ1n) is 7.11. The molecule has 0 spiro atoms. The van der Waals surface area contributed by atoms with Gasteiger partial charge in [-0.05, 0) is 18.9 Å². The van der Waals surface area contributed by atoms with Gasteiger partial charge in [0, 0.05) is 24.6 Å². The molecular formula is C16H22FNO3. The van der Waals surface area contributed by atoms with E-state index in [1.807, 2.05) is 0 Å². The van der Waals surface area contributed by atoms with Crippen molar-refractivity contribution in [2.45, 2.75) is 25.2 Å². The monoisotopic (exact) mass is 295 g/mol. The van der Waals surface area contributed by atoms with E-state index in [9.17, 15) is 19.4 Å². The molecular weight excluding hydrogens is 273 g/mol. The van der Waals surface area contributed by atoms with E-state index in [-0.39, 0.29) is 31.5 Å². The van der Waals surface area contributed by atoms with Gasteiger partial charge in [0.15, 0.2) is 0 Å². The lowest BCUT2D eigenvalue weighted by molar-refractivity contribution is -0.135. The van der Waals surface area contributed by atoms with Crippen LogP contribution < -0.4 is 0 Å². The molecule has 0 bridgehead atoms. The van der Waals surface area contributed by atoms with Crippen LogP contribution >= 0.6 is 0 Å². The highest BCUT2D eigenvalue weighted by Gasteiger charge is 2.54. The fourth-order valence-electron chi connectivity index (χ4n) is 2.73. The Kier molecular flexibility index (Phi) is 4.35. The van der Waals surface area contributed by atoms with Crippen molar-refractivity contribution in [2.24, 2.45) is 5.41 Å². The van der Waals surface area contributed by atoms with Gasteiger partial charge in [-0.3, -0.25) is 4.79 Å². The molecule has 1 aliphatic rings. The number of hydrogen-bond donors (Lipinski definition) is 2. The van der Waals surface area contributed by atoms with Gasteiger partial charge in [0.25, 0.3) is 0 Å². The summed E-state index contributed by atoms with van der Waals surface area (Å²) in [5.74, 6) is -0.510. The van der Waals surface area contributed by atoms with Crippen LogP contribution in [0.4, 0.5) is 4.39 Å². The fraction of sp³-hybridized carbons (Fsp3) is 0.562. The van der Waals surface area contributed by atoms with E-state index in [0.29, 0.717) is 18.4 Å². The zero-order chi connectivity index (χ0) is 15.7. The Morgan fingerprint density at radius 3 is 2.38 bits per heavy atom. The SMILES string of the molecule is CN(CC(C)(CO)CO)C(=O)C1(c2ccccc2F)CC1. The van der Waals surface area contributed by atoms with Crippen LogP contribution in [0, 0.1) is 11.2 Å². The Morgan fingerprint density at radius 1 is 1.33 bits per heavy atom. The standard InChI is InChI=1S/C16H22FNO3/c1-15(10-19,11-20)9-18(2)14(21)16(7-8-16)12-5-3-4-6-13(12)17/h3-6,19-20H,7-11H2,1-2H3. The first kappa shape index (κ1) is 15.9. The minimum absolute atomic E-state index is 0.152. The van der Waals surface area contributed by atoms with E-state index in [2.05, 4.69) is 0 Å². The van der Waals surface area contributed by atoms with Crippen molar-refractivity contribution < 1.29 is 19.4 Å². The Morgan fingerprint density at radius 2 is 1.90 bits per heavy atom. The molecule has 1 aromatic rings. The van der Waals surface area contributed by atoms with Crippen molar-refractivity contribution in [3.05, 3.63) is 35.6 Å². The maximum Gasteiger partial charge on any atom is 0.233 e. The second-order valence-corrected chi connectivity index (χ2v) is 6.35. The molecule has 0 aliphatic heterocycles. The summed E-state index contributed by atoms with van der Waals surface area (Å²) in [6.45, 7) is 1.51. The van der Waals surface area contributed by atoms with E-state index in [1.54, 1.807) is 32.2 Å². The fourth-order valence-corrected chi connectivity index (χ4v) is 2.73. The smallest absolute Gasteiger partial charge is 0.233 e. The molecule has 1 fully saturated rings. The highest BCUT2D eigenvalue weighted by atomic mass is 19.1. The normalized spacial score (nSPS) is 16.6. The Bertz CT molecular complexity index is 524. The summed E-state index contributed by atoms with van der Waals surface area (Å²) >= 11 is 0. The van der Waals surface area contributed by atoms with Crippen LogP contribution in [0.2, 0.25) is 0 Å². The topological polar surface area (TPSA) is 60.8 Å². The lowest BCUT2D eigenvalue weighted by atomic mass is 9.90. The van der Waals surface area contributed by atoms with Crippen LogP contribution in [0.5, 0.6) is 0 Å². The van der Waals surface area contributed by atoms with Crippen molar-refractivity contribution in [1.29, 1.82) is 0 Å². The molecule has 2 rings (SSSR count). The molecule has 1 aromatic carbocycles. The highest BCUT2D eigenvalue weighted by molar-refractivity contribution is 5.91. The first-order valence-corrected chi connectivity index (χ1v) is 7.11. The van der Waals surface area contributed by atoms with Crippen molar-refractivity contribution in [3.63, 3.8) is 0 Å². The van der Waals surface area contributed by atoms with Crippen LogP contribution in [0.3, 0.4) is 0 Å². The minimum atomic E-state index is -0.772. The molecule has 2 N–H and O–H groups in total. The summed E-state index contributed by atoms with van der Waals surface area (Å²) in [7, 11) is 1.63. The van der Waals surface area contributed by atoms with Crippen LogP contribution in [-0.2, 0) is 10.2 Å².